The van der Waals surface area contributed by atoms with Crippen LogP contribution in [0.5, 0.6) is 0 Å². The molecule has 0 amide bonds. The van der Waals surface area contributed by atoms with Crippen LogP contribution in [-0.2, 0) is 0 Å². The predicted molar refractivity (Wildman–Crippen MR) is 89.7 cm³/mol. The minimum absolute atomic E-state index is 0.355. The second kappa shape index (κ2) is 14.5. The lowest BCUT2D eigenvalue weighted by Gasteiger charge is -1.84. The van der Waals surface area contributed by atoms with Gasteiger partial charge in [-0.3, -0.25) is 0 Å². The van der Waals surface area contributed by atoms with E-state index < -0.39 is 0 Å². The van der Waals surface area contributed by atoms with Gasteiger partial charge in [0.25, 0.3) is 4.84 Å². The summed E-state index contributed by atoms with van der Waals surface area (Å²) in [6.45, 7) is 15.4. The summed E-state index contributed by atoms with van der Waals surface area (Å²) in [7, 11) is 0. The number of aromatic amines is 1. The Kier molecular flexibility index (Phi) is 15.0. The van der Waals surface area contributed by atoms with Gasteiger partial charge in [0.05, 0.1) is 5.69 Å². The van der Waals surface area contributed by atoms with Gasteiger partial charge >= 0.3 is 0 Å². The summed E-state index contributed by atoms with van der Waals surface area (Å²) >= 11 is 4.81. The van der Waals surface area contributed by atoms with Crippen LogP contribution in [0.3, 0.4) is 0 Å². The SMILES string of the molecule is C/C=C/C.C=C/C=C\c1[nH]c(=S)oc1C=C.CCC. The second-order valence-corrected chi connectivity index (χ2v) is 3.84. The van der Waals surface area contributed by atoms with Gasteiger partial charge in [0.1, 0.15) is 0 Å². The first-order valence-corrected chi connectivity index (χ1v) is 6.73. The van der Waals surface area contributed by atoms with E-state index in [2.05, 4.69) is 32.0 Å². The summed E-state index contributed by atoms with van der Waals surface area (Å²) < 4.78 is 5.12. The minimum Gasteiger partial charge on any atom is -0.429 e. The summed E-state index contributed by atoms with van der Waals surface area (Å²) in [5.41, 5.74) is 0.815. The van der Waals surface area contributed by atoms with E-state index in [-0.39, 0.29) is 0 Å². The number of H-pyrrole nitrogens is 1. The van der Waals surface area contributed by atoms with E-state index in [9.17, 15) is 0 Å². The van der Waals surface area contributed by atoms with E-state index in [4.69, 9.17) is 16.6 Å². The molecule has 0 bridgehead atoms. The summed E-state index contributed by atoms with van der Waals surface area (Å²) in [6, 6.07) is 0. The zero-order valence-electron chi connectivity index (χ0n) is 12.4. The number of nitrogens with one attached hydrogen (secondary N) is 1. The number of allylic oxidation sites excluding steroid dienone is 4. The highest BCUT2D eigenvalue weighted by Crippen LogP contribution is 2.11. The maximum atomic E-state index is 5.12. The summed E-state index contributed by atoms with van der Waals surface area (Å²) in [6.07, 6.45) is 12.2. The van der Waals surface area contributed by atoms with Crippen molar-refractivity contribution in [3.05, 3.63) is 53.8 Å². The molecular weight excluding hydrogens is 254 g/mol. The topological polar surface area (TPSA) is 28.9 Å². The largest absolute Gasteiger partial charge is 0.429 e. The molecule has 1 N–H and O–H groups in total. The Labute approximate surface area is 122 Å². The normalized spacial score (nSPS) is 9.47. The van der Waals surface area contributed by atoms with E-state index in [0.29, 0.717) is 10.6 Å². The third kappa shape index (κ3) is 11.2. The van der Waals surface area contributed by atoms with Crippen molar-refractivity contribution in [3.8, 4) is 0 Å². The van der Waals surface area contributed by atoms with Gasteiger partial charge in [-0.25, -0.2) is 0 Å². The maximum absolute atomic E-state index is 5.12. The van der Waals surface area contributed by atoms with Crippen LogP contribution >= 0.6 is 12.2 Å². The van der Waals surface area contributed by atoms with Gasteiger partial charge in [0.2, 0.25) is 0 Å². The molecule has 106 valence electrons. The highest BCUT2D eigenvalue weighted by molar-refractivity contribution is 7.71. The zero-order chi connectivity index (χ0) is 15.1. The molecule has 0 aliphatic heterocycles. The molecule has 0 saturated heterocycles. The van der Waals surface area contributed by atoms with Crippen LogP contribution in [0.15, 0.2) is 41.9 Å². The lowest BCUT2D eigenvalue weighted by molar-refractivity contribution is 0.531. The summed E-state index contributed by atoms with van der Waals surface area (Å²) in [4.78, 5) is 3.23. The van der Waals surface area contributed by atoms with Crippen molar-refractivity contribution < 1.29 is 4.42 Å². The smallest absolute Gasteiger partial charge is 0.266 e. The number of oxazole rings is 1. The van der Waals surface area contributed by atoms with Gasteiger partial charge in [0.15, 0.2) is 5.76 Å². The van der Waals surface area contributed by atoms with Crippen LogP contribution in [0.4, 0.5) is 0 Å². The van der Waals surface area contributed by atoms with Gasteiger partial charge in [-0.05, 0) is 38.2 Å². The first kappa shape index (κ1) is 19.7. The number of rotatable bonds is 3. The molecule has 19 heavy (non-hydrogen) atoms. The Bertz CT molecular complexity index is 446. The van der Waals surface area contributed by atoms with E-state index in [1.54, 1.807) is 18.2 Å². The first-order valence-electron chi connectivity index (χ1n) is 6.33. The van der Waals surface area contributed by atoms with E-state index in [0.717, 1.165) is 5.69 Å². The highest BCUT2D eigenvalue weighted by Gasteiger charge is 1.99. The lowest BCUT2D eigenvalue weighted by Crippen LogP contribution is -1.73. The Morgan fingerprint density at radius 1 is 1.21 bits per heavy atom. The molecule has 3 heteroatoms. The fraction of sp³-hybridized carbons (Fsp3) is 0.312. The average molecular weight is 279 g/mol. The molecular formula is C16H25NOS. The molecule has 2 nitrogen and oxygen atoms in total. The van der Waals surface area contributed by atoms with Crippen molar-refractivity contribution in [2.24, 2.45) is 0 Å². The van der Waals surface area contributed by atoms with Crippen LogP contribution in [-0.4, -0.2) is 4.98 Å². The van der Waals surface area contributed by atoms with Gasteiger partial charge < -0.3 is 9.40 Å². The molecule has 1 heterocycles. The van der Waals surface area contributed by atoms with E-state index in [1.165, 1.54) is 6.42 Å². The maximum Gasteiger partial charge on any atom is 0.266 e. The predicted octanol–water partition coefficient (Wildman–Crippen LogP) is 6.18. The Morgan fingerprint density at radius 3 is 2.11 bits per heavy atom. The molecule has 0 radical (unpaired) electrons. The molecule has 0 spiro atoms. The molecule has 0 unspecified atom stereocenters. The fourth-order valence-electron chi connectivity index (χ4n) is 0.792. The standard InChI is InChI=1S/C9H9NOS.C4H8.C3H8/c1-3-5-6-7-8(4-2)11-9(12)10-7;1-3-4-2;1-3-2/h3-6H,1-2H2,(H,10,12);3-4H,1-2H3;3H2,1-2H3/b6-5-;4-3+;. The number of hydrogen-bond acceptors (Lipinski definition) is 2. The molecule has 0 fully saturated rings. The van der Waals surface area contributed by atoms with E-state index >= 15 is 0 Å². The quantitative estimate of drug-likeness (QED) is 0.406. The molecule has 1 rings (SSSR count). The first-order chi connectivity index (χ1) is 9.10. The minimum atomic E-state index is 0.355. The van der Waals surface area contributed by atoms with Crippen LogP contribution in [0.25, 0.3) is 12.2 Å². The fourth-order valence-corrected chi connectivity index (χ4v) is 0.991. The van der Waals surface area contributed by atoms with Gasteiger partial charge in [-0.1, -0.05) is 57.7 Å². The molecule has 0 saturated carbocycles. The molecule has 0 aliphatic rings. The van der Waals surface area contributed by atoms with Crippen LogP contribution in [0.2, 0.25) is 0 Å². The van der Waals surface area contributed by atoms with Gasteiger partial charge in [-0.2, -0.15) is 0 Å². The summed E-state index contributed by atoms with van der Waals surface area (Å²) in [5.74, 6) is 0.651. The van der Waals surface area contributed by atoms with Crippen LogP contribution < -0.4 is 0 Å². The number of aromatic nitrogens is 1. The number of hydrogen-bond donors (Lipinski definition) is 1. The van der Waals surface area contributed by atoms with Gasteiger partial charge in [-0.15, -0.1) is 0 Å². The third-order valence-electron chi connectivity index (χ3n) is 1.62. The summed E-state index contributed by atoms with van der Waals surface area (Å²) in [5, 5.41) is 0. The lowest BCUT2D eigenvalue weighted by atomic mass is 10.3. The van der Waals surface area contributed by atoms with Gasteiger partial charge in [0, 0.05) is 0 Å². The van der Waals surface area contributed by atoms with E-state index in [1.807, 2.05) is 32.1 Å². The van der Waals surface area contributed by atoms with Crippen LogP contribution in [0, 0.1) is 4.84 Å². The Hall–Kier alpha value is -1.61. The highest BCUT2D eigenvalue weighted by atomic mass is 32.1. The monoisotopic (exact) mass is 279 g/mol. The van der Waals surface area contributed by atoms with Crippen molar-refractivity contribution in [2.45, 2.75) is 34.1 Å². The molecule has 0 atom stereocenters. The third-order valence-corrected chi connectivity index (χ3v) is 1.81. The van der Waals surface area contributed by atoms with Crippen LogP contribution in [0.1, 0.15) is 45.6 Å². The van der Waals surface area contributed by atoms with Crippen molar-refractivity contribution >= 4 is 24.4 Å². The average Bonchev–Trinajstić information content (AvgIpc) is 2.78. The zero-order valence-corrected chi connectivity index (χ0v) is 13.2. The van der Waals surface area contributed by atoms with Crippen molar-refractivity contribution in [2.75, 3.05) is 0 Å². The molecule has 0 aromatic carbocycles. The molecule has 1 aromatic rings. The second-order valence-electron chi connectivity index (χ2n) is 3.47. The van der Waals surface area contributed by atoms with Crippen molar-refractivity contribution in [3.63, 3.8) is 0 Å². The molecule has 1 aromatic heterocycles. The Morgan fingerprint density at radius 2 is 1.74 bits per heavy atom. The molecule has 0 aliphatic carbocycles. The van der Waals surface area contributed by atoms with Crippen molar-refractivity contribution in [1.29, 1.82) is 0 Å². The van der Waals surface area contributed by atoms with Crippen molar-refractivity contribution in [1.82, 2.24) is 4.98 Å². The Balaban J connectivity index is 0.